The lowest BCUT2D eigenvalue weighted by Crippen LogP contribution is -2.44. The largest absolute Gasteiger partial charge is 0.370 e. The normalized spacial score (nSPS) is 19.7. The van der Waals surface area contributed by atoms with E-state index in [9.17, 15) is 0 Å². The maximum Gasteiger partial charge on any atom is 0.100 e. The van der Waals surface area contributed by atoms with Crippen molar-refractivity contribution in [1.82, 2.24) is 5.32 Å². The van der Waals surface area contributed by atoms with Crippen molar-refractivity contribution in [3.8, 4) is 6.07 Å². The molecule has 17 heavy (non-hydrogen) atoms. The molecule has 1 N–H and O–H groups in total. The zero-order chi connectivity index (χ0) is 12.3. The van der Waals surface area contributed by atoms with E-state index in [2.05, 4.69) is 39.3 Å². The SMILES string of the molecule is CN(c1ccc(C#N)c(Br)c1)C1CCCNC1. The van der Waals surface area contributed by atoms with E-state index in [4.69, 9.17) is 5.26 Å². The highest BCUT2D eigenvalue weighted by molar-refractivity contribution is 9.10. The van der Waals surface area contributed by atoms with Crippen molar-refractivity contribution in [3.63, 3.8) is 0 Å². The Morgan fingerprint density at radius 2 is 2.35 bits per heavy atom. The van der Waals surface area contributed by atoms with Crippen LogP contribution in [0.5, 0.6) is 0 Å². The molecule has 1 aliphatic rings. The monoisotopic (exact) mass is 293 g/mol. The summed E-state index contributed by atoms with van der Waals surface area (Å²) in [6, 6.07) is 8.61. The fourth-order valence-corrected chi connectivity index (χ4v) is 2.64. The molecule has 1 saturated heterocycles. The van der Waals surface area contributed by atoms with Crippen LogP contribution in [-0.4, -0.2) is 26.2 Å². The summed E-state index contributed by atoms with van der Waals surface area (Å²) < 4.78 is 0.869. The molecule has 0 bridgehead atoms. The van der Waals surface area contributed by atoms with Crippen molar-refractivity contribution in [3.05, 3.63) is 28.2 Å². The Balaban J connectivity index is 2.16. The van der Waals surface area contributed by atoms with Gasteiger partial charge in [-0.05, 0) is 53.5 Å². The molecule has 0 aromatic heterocycles. The molecule has 4 heteroatoms. The van der Waals surface area contributed by atoms with Gasteiger partial charge in [-0.1, -0.05) is 0 Å². The zero-order valence-corrected chi connectivity index (χ0v) is 11.5. The first kappa shape index (κ1) is 12.4. The Labute approximate surface area is 111 Å². The van der Waals surface area contributed by atoms with Gasteiger partial charge in [0.05, 0.1) is 5.56 Å². The van der Waals surface area contributed by atoms with Gasteiger partial charge < -0.3 is 10.2 Å². The van der Waals surface area contributed by atoms with Gasteiger partial charge in [0.15, 0.2) is 0 Å². The first-order valence-electron chi connectivity index (χ1n) is 5.85. The number of hydrogen-bond donors (Lipinski definition) is 1. The molecule has 0 spiro atoms. The average Bonchev–Trinajstić information content (AvgIpc) is 2.39. The summed E-state index contributed by atoms with van der Waals surface area (Å²) in [6.45, 7) is 2.16. The van der Waals surface area contributed by atoms with E-state index in [-0.39, 0.29) is 0 Å². The van der Waals surface area contributed by atoms with Crippen LogP contribution in [-0.2, 0) is 0 Å². The van der Waals surface area contributed by atoms with Crippen LogP contribution in [0.4, 0.5) is 5.69 Å². The van der Waals surface area contributed by atoms with Gasteiger partial charge in [-0.15, -0.1) is 0 Å². The number of likely N-dealkylation sites (N-methyl/N-ethyl adjacent to an activating group) is 1. The van der Waals surface area contributed by atoms with Gasteiger partial charge in [-0.3, -0.25) is 0 Å². The first-order chi connectivity index (χ1) is 8.22. The molecule has 1 aromatic carbocycles. The summed E-state index contributed by atoms with van der Waals surface area (Å²) in [5.74, 6) is 0. The molecule has 0 saturated carbocycles. The Kier molecular flexibility index (Phi) is 4.03. The lowest BCUT2D eigenvalue weighted by molar-refractivity contribution is 0.445. The van der Waals surface area contributed by atoms with Gasteiger partial charge in [0, 0.05) is 29.8 Å². The van der Waals surface area contributed by atoms with Crippen molar-refractivity contribution in [1.29, 1.82) is 5.26 Å². The van der Waals surface area contributed by atoms with Crippen LogP contribution in [0.25, 0.3) is 0 Å². The minimum absolute atomic E-state index is 0.545. The highest BCUT2D eigenvalue weighted by Crippen LogP contribution is 2.25. The van der Waals surface area contributed by atoms with Gasteiger partial charge in [-0.2, -0.15) is 5.26 Å². The number of nitrogens with zero attached hydrogens (tertiary/aromatic N) is 2. The van der Waals surface area contributed by atoms with Crippen molar-refractivity contribution in [2.45, 2.75) is 18.9 Å². The summed E-state index contributed by atoms with van der Waals surface area (Å²) in [4.78, 5) is 2.29. The molecule has 1 atom stereocenters. The predicted octanol–water partition coefficient (Wildman–Crippen LogP) is 2.51. The number of anilines is 1. The summed E-state index contributed by atoms with van der Waals surface area (Å²) in [6.07, 6.45) is 2.45. The molecule has 2 rings (SSSR count). The number of nitriles is 1. The number of halogens is 1. The number of nitrogens with one attached hydrogen (secondary N) is 1. The first-order valence-corrected chi connectivity index (χ1v) is 6.65. The molecule has 1 aliphatic heterocycles. The van der Waals surface area contributed by atoms with E-state index >= 15 is 0 Å². The lowest BCUT2D eigenvalue weighted by atomic mass is 10.1. The Morgan fingerprint density at radius 1 is 1.53 bits per heavy atom. The Hall–Kier alpha value is -1.05. The van der Waals surface area contributed by atoms with Gasteiger partial charge in [-0.25, -0.2) is 0 Å². The summed E-state index contributed by atoms with van der Waals surface area (Å²) in [5.41, 5.74) is 1.84. The second-order valence-electron chi connectivity index (χ2n) is 4.39. The second-order valence-corrected chi connectivity index (χ2v) is 5.24. The minimum atomic E-state index is 0.545. The van der Waals surface area contributed by atoms with Crippen LogP contribution >= 0.6 is 15.9 Å². The van der Waals surface area contributed by atoms with E-state index in [0.717, 1.165) is 23.2 Å². The zero-order valence-electron chi connectivity index (χ0n) is 9.91. The van der Waals surface area contributed by atoms with Crippen molar-refractivity contribution < 1.29 is 0 Å². The fraction of sp³-hybridized carbons (Fsp3) is 0.462. The third-order valence-electron chi connectivity index (χ3n) is 3.30. The Morgan fingerprint density at radius 3 is 2.94 bits per heavy atom. The highest BCUT2D eigenvalue weighted by atomic mass is 79.9. The molecule has 3 nitrogen and oxygen atoms in total. The molecule has 90 valence electrons. The second kappa shape index (κ2) is 5.52. The highest BCUT2D eigenvalue weighted by Gasteiger charge is 2.18. The van der Waals surface area contributed by atoms with Crippen LogP contribution in [0.1, 0.15) is 18.4 Å². The van der Waals surface area contributed by atoms with Crippen LogP contribution in [0.3, 0.4) is 0 Å². The molecular weight excluding hydrogens is 278 g/mol. The van der Waals surface area contributed by atoms with E-state index in [1.807, 2.05) is 18.2 Å². The van der Waals surface area contributed by atoms with Crippen molar-refractivity contribution in [2.24, 2.45) is 0 Å². The van der Waals surface area contributed by atoms with Crippen LogP contribution in [0, 0.1) is 11.3 Å². The lowest BCUT2D eigenvalue weighted by Gasteiger charge is -2.33. The summed E-state index contributed by atoms with van der Waals surface area (Å²) in [5, 5.41) is 12.3. The van der Waals surface area contributed by atoms with Crippen LogP contribution < -0.4 is 10.2 Å². The smallest absolute Gasteiger partial charge is 0.100 e. The third-order valence-corrected chi connectivity index (χ3v) is 3.96. The number of rotatable bonds is 2. The minimum Gasteiger partial charge on any atom is -0.370 e. The molecular formula is C13H16BrN3. The summed E-state index contributed by atoms with van der Waals surface area (Å²) in [7, 11) is 2.12. The molecule has 0 aliphatic carbocycles. The maximum atomic E-state index is 8.89. The molecule has 1 heterocycles. The van der Waals surface area contributed by atoms with Gasteiger partial charge in [0.1, 0.15) is 6.07 Å². The Bertz CT molecular complexity index is 433. The van der Waals surface area contributed by atoms with Crippen molar-refractivity contribution >= 4 is 21.6 Å². The standard InChI is InChI=1S/C13H16BrN3/c1-17(12-3-2-6-16-9-12)11-5-4-10(8-15)13(14)7-11/h4-5,7,12,16H,2-3,6,9H2,1H3. The fourth-order valence-electron chi connectivity index (χ4n) is 2.19. The quantitative estimate of drug-likeness (QED) is 0.911. The van der Waals surface area contributed by atoms with Gasteiger partial charge in [0.2, 0.25) is 0 Å². The van der Waals surface area contributed by atoms with E-state index in [0.29, 0.717) is 11.6 Å². The third kappa shape index (κ3) is 2.80. The number of piperidine rings is 1. The summed E-state index contributed by atoms with van der Waals surface area (Å²) >= 11 is 3.43. The molecule has 1 aromatic rings. The van der Waals surface area contributed by atoms with Gasteiger partial charge in [0.25, 0.3) is 0 Å². The molecule has 1 fully saturated rings. The number of benzene rings is 1. The maximum absolute atomic E-state index is 8.89. The number of hydrogen-bond acceptors (Lipinski definition) is 3. The van der Waals surface area contributed by atoms with Crippen molar-refractivity contribution in [2.75, 3.05) is 25.0 Å². The van der Waals surface area contributed by atoms with E-state index in [1.165, 1.54) is 12.8 Å². The molecule has 0 amide bonds. The van der Waals surface area contributed by atoms with E-state index in [1.54, 1.807) is 0 Å². The van der Waals surface area contributed by atoms with Crippen LogP contribution in [0.15, 0.2) is 22.7 Å². The molecule has 1 unspecified atom stereocenters. The van der Waals surface area contributed by atoms with E-state index < -0.39 is 0 Å². The average molecular weight is 294 g/mol. The molecule has 0 radical (unpaired) electrons. The van der Waals surface area contributed by atoms with Crippen LogP contribution in [0.2, 0.25) is 0 Å². The van der Waals surface area contributed by atoms with Gasteiger partial charge >= 0.3 is 0 Å². The predicted molar refractivity (Wildman–Crippen MR) is 73.2 cm³/mol. The topological polar surface area (TPSA) is 39.1 Å².